The van der Waals surface area contributed by atoms with E-state index in [9.17, 15) is 18.0 Å². The lowest BCUT2D eigenvalue weighted by molar-refractivity contribution is -0.161. The Balaban J connectivity index is 2.24. The van der Waals surface area contributed by atoms with Crippen LogP contribution in [0.2, 0.25) is 0 Å². The summed E-state index contributed by atoms with van der Waals surface area (Å²) in [5.74, 6) is -2.56. The van der Waals surface area contributed by atoms with Crippen LogP contribution in [0, 0.1) is 0 Å². The zero-order valence-electron chi connectivity index (χ0n) is 17.9. The molecule has 0 aliphatic carbocycles. The Kier molecular flexibility index (Phi) is 7.80. The van der Waals surface area contributed by atoms with Crippen molar-refractivity contribution < 1.29 is 31.7 Å². The van der Waals surface area contributed by atoms with Crippen molar-refractivity contribution in [3.63, 3.8) is 0 Å². The van der Waals surface area contributed by atoms with Crippen molar-refractivity contribution in [3.8, 4) is 5.75 Å². The topological polar surface area (TPSA) is 122 Å². The molecule has 0 aliphatic heterocycles. The van der Waals surface area contributed by atoms with Crippen molar-refractivity contribution >= 4 is 22.1 Å². The molecule has 168 valence electrons. The smallest absolute Gasteiger partial charge is 0.324 e. The van der Waals surface area contributed by atoms with E-state index in [1.807, 2.05) is 18.2 Å². The zero-order valence-corrected chi connectivity index (χ0v) is 18.7. The Hall–Kier alpha value is -2.91. The fourth-order valence-corrected chi connectivity index (χ4v) is 3.18. The maximum Gasteiger partial charge on any atom is 0.324 e. The summed E-state index contributed by atoms with van der Waals surface area (Å²) < 4.78 is 38.1. The Morgan fingerprint density at radius 2 is 1.55 bits per heavy atom. The first-order valence-corrected chi connectivity index (χ1v) is 11.4. The fraction of sp³-hybridized carbons (Fsp3) is 0.364. The lowest BCUT2D eigenvalue weighted by Gasteiger charge is -2.27. The van der Waals surface area contributed by atoms with Crippen LogP contribution in [0.25, 0.3) is 0 Å². The van der Waals surface area contributed by atoms with E-state index < -0.39 is 39.6 Å². The molecule has 0 saturated carbocycles. The van der Waals surface area contributed by atoms with Gasteiger partial charge in [-0.1, -0.05) is 42.5 Å². The summed E-state index contributed by atoms with van der Waals surface area (Å²) in [6, 6.07) is 13.4. The Morgan fingerprint density at radius 1 is 0.968 bits per heavy atom. The molecule has 0 aromatic heterocycles. The number of carbonyl (C=O) groups excluding carboxylic acids is 2. The molecule has 2 atom stereocenters. The molecule has 2 unspecified atom stereocenters. The van der Waals surface area contributed by atoms with E-state index in [4.69, 9.17) is 19.4 Å². The Bertz CT molecular complexity index is 996. The van der Waals surface area contributed by atoms with Gasteiger partial charge >= 0.3 is 22.1 Å². The molecule has 2 aromatic carbocycles. The predicted octanol–water partition coefficient (Wildman–Crippen LogP) is 2.52. The number of esters is 2. The Morgan fingerprint density at radius 3 is 2.06 bits per heavy atom. The number of nitrogens with two attached hydrogens (primary N) is 1. The van der Waals surface area contributed by atoms with E-state index in [-0.39, 0.29) is 12.4 Å². The molecule has 0 aliphatic rings. The van der Waals surface area contributed by atoms with Gasteiger partial charge in [0.05, 0.1) is 6.26 Å². The number of ether oxygens (including phenoxy) is 2. The van der Waals surface area contributed by atoms with E-state index in [1.165, 1.54) is 24.3 Å². The lowest BCUT2D eigenvalue weighted by Crippen LogP contribution is -2.43. The van der Waals surface area contributed by atoms with Crippen LogP contribution in [0.1, 0.15) is 37.8 Å². The van der Waals surface area contributed by atoms with Gasteiger partial charge in [0.15, 0.2) is 0 Å². The molecule has 0 radical (unpaired) electrons. The molecule has 0 fully saturated rings. The number of rotatable bonds is 8. The largest absolute Gasteiger partial charge is 0.460 e. The second-order valence-electron chi connectivity index (χ2n) is 7.99. The number of hydrogen-bond donors (Lipinski definition) is 1. The van der Waals surface area contributed by atoms with Crippen LogP contribution in [0.4, 0.5) is 0 Å². The number of carbonyl (C=O) groups is 2. The van der Waals surface area contributed by atoms with Crippen LogP contribution in [-0.2, 0) is 35.8 Å². The summed E-state index contributed by atoms with van der Waals surface area (Å²) in [7, 11) is -3.70. The van der Waals surface area contributed by atoms with Crippen LogP contribution in [-0.4, -0.2) is 38.3 Å². The molecule has 0 spiro atoms. The van der Waals surface area contributed by atoms with E-state index in [0.717, 1.165) is 11.8 Å². The zero-order chi connectivity index (χ0) is 23.2. The summed E-state index contributed by atoms with van der Waals surface area (Å²) in [5.41, 5.74) is 6.45. The first-order valence-electron chi connectivity index (χ1n) is 9.54. The van der Waals surface area contributed by atoms with Gasteiger partial charge in [0.1, 0.15) is 29.9 Å². The Labute approximate surface area is 182 Å². The van der Waals surface area contributed by atoms with E-state index in [2.05, 4.69) is 0 Å². The third kappa shape index (κ3) is 8.03. The third-order valence-electron chi connectivity index (χ3n) is 4.00. The van der Waals surface area contributed by atoms with Gasteiger partial charge in [-0.3, -0.25) is 9.59 Å². The quantitative estimate of drug-likeness (QED) is 0.482. The van der Waals surface area contributed by atoms with Crippen molar-refractivity contribution in [2.75, 3.05) is 6.26 Å². The summed E-state index contributed by atoms with van der Waals surface area (Å²) in [6.07, 6.45) is 0.920. The van der Waals surface area contributed by atoms with Gasteiger partial charge in [-0.2, -0.15) is 8.42 Å². The average Bonchev–Trinajstić information content (AvgIpc) is 2.65. The molecule has 2 rings (SSSR count). The third-order valence-corrected chi connectivity index (χ3v) is 4.50. The van der Waals surface area contributed by atoms with Crippen molar-refractivity contribution in [1.82, 2.24) is 0 Å². The highest BCUT2D eigenvalue weighted by Crippen LogP contribution is 2.26. The number of hydrogen-bond acceptors (Lipinski definition) is 8. The van der Waals surface area contributed by atoms with Gasteiger partial charge in [-0.25, -0.2) is 0 Å². The monoisotopic (exact) mass is 449 g/mol. The van der Waals surface area contributed by atoms with E-state index in [0.29, 0.717) is 5.56 Å². The molecule has 0 saturated heterocycles. The van der Waals surface area contributed by atoms with Crippen molar-refractivity contribution in [2.45, 2.75) is 44.9 Å². The second kappa shape index (κ2) is 9.93. The second-order valence-corrected chi connectivity index (χ2v) is 9.56. The minimum Gasteiger partial charge on any atom is -0.460 e. The summed E-state index contributed by atoms with van der Waals surface area (Å²) in [6.45, 7) is 5.11. The van der Waals surface area contributed by atoms with Crippen molar-refractivity contribution in [3.05, 3.63) is 65.7 Å². The van der Waals surface area contributed by atoms with Crippen molar-refractivity contribution in [1.29, 1.82) is 0 Å². The predicted molar refractivity (Wildman–Crippen MR) is 115 cm³/mol. The highest BCUT2D eigenvalue weighted by Gasteiger charge is 2.36. The van der Waals surface area contributed by atoms with Gasteiger partial charge in [-0.15, -0.1) is 0 Å². The molecule has 0 bridgehead atoms. The maximum atomic E-state index is 12.9. The molecule has 0 amide bonds. The van der Waals surface area contributed by atoms with Crippen molar-refractivity contribution in [2.24, 2.45) is 5.73 Å². The lowest BCUT2D eigenvalue weighted by atomic mass is 9.91. The SMILES string of the molecule is CC(C)(C)OC(=O)C(c1ccc(OS(C)(=O)=O)cc1)C(N)C(=O)OCc1ccccc1. The highest BCUT2D eigenvalue weighted by atomic mass is 32.2. The number of benzene rings is 2. The average molecular weight is 450 g/mol. The van der Waals surface area contributed by atoms with Gasteiger partial charge < -0.3 is 19.4 Å². The molecule has 0 heterocycles. The molecule has 2 N–H and O–H groups in total. The molecular formula is C22H27NO7S. The van der Waals surface area contributed by atoms with Crippen LogP contribution in [0.5, 0.6) is 5.75 Å². The summed E-state index contributed by atoms with van der Waals surface area (Å²) in [5, 5.41) is 0. The van der Waals surface area contributed by atoms with Crippen LogP contribution in [0.3, 0.4) is 0 Å². The molecule has 31 heavy (non-hydrogen) atoms. The molecular weight excluding hydrogens is 422 g/mol. The van der Waals surface area contributed by atoms with E-state index >= 15 is 0 Å². The minimum absolute atomic E-state index is 0.00947. The molecule has 8 nitrogen and oxygen atoms in total. The molecule has 9 heteroatoms. The normalized spacial score (nSPS) is 13.7. The minimum atomic E-state index is -3.70. The maximum absolute atomic E-state index is 12.9. The first kappa shape index (κ1) is 24.4. The van der Waals surface area contributed by atoms with Gasteiger partial charge in [-0.05, 0) is 44.0 Å². The standard InChI is InChI=1S/C22H27NO7S/c1-22(2,3)29-20(24)18(16-10-12-17(13-11-16)30-31(4,26)27)19(23)21(25)28-14-15-8-6-5-7-9-15/h5-13,18-19H,14,23H2,1-4H3. The van der Waals surface area contributed by atoms with Crippen LogP contribution >= 0.6 is 0 Å². The van der Waals surface area contributed by atoms with E-state index in [1.54, 1.807) is 32.9 Å². The highest BCUT2D eigenvalue weighted by molar-refractivity contribution is 7.86. The van der Waals surface area contributed by atoms with Gasteiger partial charge in [0.25, 0.3) is 0 Å². The first-order chi connectivity index (χ1) is 14.4. The van der Waals surface area contributed by atoms with Crippen LogP contribution in [0.15, 0.2) is 54.6 Å². The summed E-state index contributed by atoms with van der Waals surface area (Å²) >= 11 is 0. The van der Waals surface area contributed by atoms with Gasteiger partial charge in [0, 0.05) is 0 Å². The fourth-order valence-electron chi connectivity index (χ4n) is 2.72. The van der Waals surface area contributed by atoms with Crippen LogP contribution < -0.4 is 9.92 Å². The summed E-state index contributed by atoms with van der Waals surface area (Å²) in [4.78, 5) is 25.5. The molecule has 2 aromatic rings. The van der Waals surface area contributed by atoms with Gasteiger partial charge in [0.2, 0.25) is 0 Å².